The molecule has 28 heavy (non-hydrogen) atoms. The van der Waals surface area contributed by atoms with Crippen molar-refractivity contribution in [3.8, 4) is 0 Å². The fraction of sp³-hybridized carbons (Fsp3) is 0.0500. The number of halogens is 2. The molecule has 0 bridgehead atoms. The topological polar surface area (TPSA) is 83.8 Å². The van der Waals surface area contributed by atoms with Crippen LogP contribution >= 0.6 is 15.9 Å². The highest BCUT2D eigenvalue weighted by Crippen LogP contribution is 2.29. The summed E-state index contributed by atoms with van der Waals surface area (Å²) in [6.45, 7) is 0.488. The third kappa shape index (κ3) is 3.59. The quantitative estimate of drug-likeness (QED) is 0.272. The van der Waals surface area contributed by atoms with Crippen molar-refractivity contribution in [1.82, 2.24) is 19.7 Å². The zero-order valence-corrected chi connectivity index (χ0v) is 16.0. The van der Waals surface area contributed by atoms with Crippen LogP contribution in [0, 0.1) is 5.82 Å². The van der Waals surface area contributed by atoms with Gasteiger partial charge in [0.2, 0.25) is 5.78 Å². The van der Waals surface area contributed by atoms with E-state index in [0.717, 1.165) is 27.0 Å². The lowest BCUT2D eigenvalue weighted by molar-refractivity contribution is 0.103. The number of nitrogens with zero attached hydrogens (tertiary/aromatic N) is 3. The van der Waals surface area contributed by atoms with Gasteiger partial charge < -0.3 is 9.67 Å². The van der Waals surface area contributed by atoms with Gasteiger partial charge in [-0.15, -0.1) is 0 Å². The van der Waals surface area contributed by atoms with E-state index in [1.54, 1.807) is 18.3 Å². The van der Waals surface area contributed by atoms with Crippen molar-refractivity contribution in [2.45, 2.75) is 6.54 Å². The maximum atomic E-state index is 13.2. The molecule has 8 heteroatoms. The van der Waals surface area contributed by atoms with E-state index in [0.29, 0.717) is 12.1 Å². The lowest BCUT2D eigenvalue weighted by Crippen LogP contribution is -1.99. The number of aromatic nitrogens is 4. The molecule has 0 spiro atoms. The van der Waals surface area contributed by atoms with E-state index in [2.05, 4.69) is 31.1 Å². The van der Waals surface area contributed by atoms with Crippen LogP contribution in [-0.4, -0.2) is 30.6 Å². The number of carbonyl (C=O) groups is 1. The summed E-state index contributed by atoms with van der Waals surface area (Å²) < 4.78 is 16.0. The van der Waals surface area contributed by atoms with E-state index >= 15 is 0 Å². The zero-order valence-electron chi connectivity index (χ0n) is 14.4. The summed E-state index contributed by atoms with van der Waals surface area (Å²) in [5.41, 5.74) is 2.29. The smallest absolute Gasteiger partial charge is 0.226 e. The molecule has 4 rings (SSSR count). The van der Waals surface area contributed by atoms with Crippen molar-refractivity contribution in [2.75, 3.05) is 0 Å². The minimum absolute atomic E-state index is 0.0442. The number of rotatable bonds is 5. The molecule has 0 saturated heterocycles. The number of aliphatic hydroxyl groups is 1. The Morgan fingerprint density at radius 2 is 2.04 bits per heavy atom. The average molecular weight is 441 g/mol. The van der Waals surface area contributed by atoms with Crippen LogP contribution in [0.1, 0.15) is 21.7 Å². The van der Waals surface area contributed by atoms with Crippen LogP contribution in [-0.2, 0) is 6.54 Å². The first kappa shape index (κ1) is 18.1. The highest BCUT2D eigenvalue weighted by Gasteiger charge is 2.15. The molecule has 6 nitrogen and oxygen atoms in total. The molecule has 2 N–H and O–H groups in total. The van der Waals surface area contributed by atoms with Crippen LogP contribution in [0.3, 0.4) is 0 Å². The van der Waals surface area contributed by atoms with Gasteiger partial charge in [0.15, 0.2) is 5.82 Å². The fourth-order valence-electron chi connectivity index (χ4n) is 2.99. The van der Waals surface area contributed by atoms with Crippen molar-refractivity contribution in [3.05, 3.63) is 88.3 Å². The molecule has 0 fully saturated rings. The van der Waals surface area contributed by atoms with Crippen LogP contribution in [0.4, 0.5) is 4.39 Å². The van der Waals surface area contributed by atoms with Crippen LogP contribution < -0.4 is 0 Å². The maximum absolute atomic E-state index is 13.2. The molecule has 0 radical (unpaired) electrons. The van der Waals surface area contributed by atoms with E-state index in [1.165, 1.54) is 18.5 Å². The Kier molecular flexibility index (Phi) is 4.79. The molecule has 0 aliphatic heterocycles. The lowest BCUT2D eigenvalue weighted by atomic mass is 10.1. The van der Waals surface area contributed by atoms with Gasteiger partial charge in [0.1, 0.15) is 17.9 Å². The maximum Gasteiger partial charge on any atom is 0.226 e. The van der Waals surface area contributed by atoms with Gasteiger partial charge in [0, 0.05) is 39.8 Å². The highest BCUT2D eigenvalue weighted by atomic mass is 79.9. The molecular formula is C20H14BrFN4O2. The molecule has 2 aromatic heterocycles. The predicted molar refractivity (Wildman–Crippen MR) is 106 cm³/mol. The Hall–Kier alpha value is -3.26. The number of hydrogen-bond donors (Lipinski definition) is 2. The van der Waals surface area contributed by atoms with Crippen LogP contribution in [0.25, 0.3) is 16.7 Å². The second-order valence-electron chi connectivity index (χ2n) is 6.19. The minimum atomic E-state index is -0.482. The summed E-state index contributed by atoms with van der Waals surface area (Å²) in [4.78, 5) is 16.0. The van der Waals surface area contributed by atoms with Crippen LogP contribution in [0.15, 0.2) is 65.5 Å². The number of ketones is 1. The third-order valence-corrected chi connectivity index (χ3v) is 4.79. The van der Waals surface area contributed by atoms with Gasteiger partial charge in [0.05, 0.1) is 0 Å². The van der Waals surface area contributed by atoms with Crippen LogP contribution in [0.2, 0.25) is 0 Å². The number of aromatic amines is 1. The first-order chi connectivity index (χ1) is 13.5. The first-order valence-electron chi connectivity index (χ1n) is 8.35. The Labute approximate surface area is 167 Å². The second kappa shape index (κ2) is 7.40. The number of nitrogens with one attached hydrogen (secondary N) is 1. The average Bonchev–Trinajstić information content (AvgIpc) is 3.32. The van der Waals surface area contributed by atoms with Crippen molar-refractivity contribution >= 4 is 38.4 Å². The molecular weight excluding hydrogens is 427 g/mol. The minimum Gasteiger partial charge on any atom is -0.507 e. The van der Waals surface area contributed by atoms with Crippen molar-refractivity contribution in [1.29, 1.82) is 0 Å². The molecule has 2 aromatic carbocycles. The van der Waals surface area contributed by atoms with Gasteiger partial charge in [0.25, 0.3) is 0 Å². The second-order valence-corrected chi connectivity index (χ2v) is 7.10. The number of fused-ring (bicyclic) bond motifs is 1. The Balaban J connectivity index is 1.76. The lowest BCUT2D eigenvalue weighted by Gasteiger charge is -2.05. The molecule has 0 atom stereocenters. The predicted octanol–water partition coefficient (Wildman–Crippen LogP) is 4.49. The van der Waals surface area contributed by atoms with E-state index in [1.807, 2.05) is 22.8 Å². The molecule has 4 aromatic rings. The highest BCUT2D eigenvalue weighted by molar-refractivity contribution is 9.10. The molecule has 0 saturated carbocycles. The first-order valence-corrected chi connectivity index (χ1v) is 9.14. The van der Waals surface area contributed by atoms with E-state index in [-0.39, 0.29) is 17.4 Å². The summed E-state index contributed by atoms with van der Waals surface area (Å²) in [6.07, 6.45) is 4.10. The molecule has 0 aliphatic rings. The van der Waals surface area contributed by atoms with E-state index < -0.39 is 5.78 Å². The SMILES string of the molecule is O=C(/C=C(/O)c1cn(Cc2ccc(F)cc2)c2ccc(Br)cc12)c1ncn[nH]1. The van der Waals surface area contributed by atoms with Crippen molar-refractivity contribution < 1.29 is 14.3 Å². The monoisotopic (exact) mass is 440 g/mol. The number of allylic oxidation sites excluding steroid dienone is 1. The summed E-state index contributed by atoms with van der Waals surface area (Å²) in [5, 5.41) is 17.5. The zero-order chi connectivity index (χ0) is 19.7. The molecule has 140 valence electrons. The number of carbonyl (C=O) groups excluding carboxylic acids is 1. The number of benzene rings is 2. The van der Waals surface area contributed by atoms with E-state index in [9.17, 15) is 14.3 Å². The number of H-pyrrole nitrogens is 1. The molecule has 0 amide bonds. The van der Waals surface area contributed by atoms with Crippen molar-refractivity contribution in [3.63, 3.8) is 0 Å². The summed E-state index contributed by atoms with van der Waals surface area (Å²) >= 11 is 3.44. The molecule has 0 aliphatic carbocycles. The summed E-state index contributed by atoms with van der Waals surface area (Å²) in [5.74, 6) is -0.910. The van der Waals surface area contributed by atoms with Gasteiger partial charge in [-0.25, -0.2) is 9.37 Å². The van der Waals surface area contributed by atoms with Gasteiger partial charge in [-0.2, -0.15) is 5.10 Å². The van der Waals surface area contributed by atoms with Crippen molar-refractivity contribution in [2.24, 2.45) is 0 Å². The van der Waals surface area contributed by atoms with Gasteiger partial charge in [-0.05, 0) is 35.9 Å². The Bertz CT molecular complexity index is 1180. The number of hydrogen-bond acceptors (Lipinski definition) is 4. The van der Waals surface area contributed by atoms with Gasteiger partial charge >= 0.3 is 0 Å². The van der Waals surface area contributed by atoms with Gasteiger partial charge in [-0.3, -0.25) is 9.89 Å². The summed E-state index contributed by atoms with van der Waals surface area (Å²) in [7, 11) is 0. The van der Waals surface area contributed by atoms with Gasteiger partial charge in [-0.1, -0.05) is 28.1 Å². The number of aliphatic hydroxyl groups excluding tert-OH is 1. The standard InChI is InChI=1S/C20H14BrFN4O2/c21-13-3-6-17-15(7-13)16(18(27)8-19(28)20-23-11-24-25-20)10-26(17)9-12-1-4-14(22)5-2-12/h1-8,10-11,27H,9H2,(H,23,24,25)/b18-8+. The molecule has 0 unspecified atom stereocenters. The molecule has 2 heterocycles. The Morgan fingerprint density at radius 3 is 2.75 bits per heavy atom. The largest absolute Gasteiger partial charge is 0.507 e. The van der Waals surface area contributed by atoms with Crippen LogP contribution in [0.5, 0.6) is 0 Å². The fourth-order valence-corrected chi connectivity index (χ4v) is 3.35. The van der Waals surface area contributed by atoms with E-state index in [4.69, 9.17) is 0 Å². The normalized spacial score (nSPS) is 11.9. The summed E-state index contributed by atoms with van der Waals surface area (Å²) in [6, 6.07) is 11.9. The third-order valence-electron chi connectivity index (χ3n) is 4.30. The Morgan fingerprint density at radius 1 is 1.25 bits per heavy atom.